The summed E-state index contributed by atoms with van der Waals surface area (Å²) in [6.45, 7) is 3.97. The lowest BCUT2D eigenvalue weighted by Crippen LogP contribution is -2.03. The maximum atomic E-state index is 4.86. The number of fused-ring (bicyclic) bond motifs is 1. The van der Waals surface area contributed by atoms with Crippen molar-refractivity contribution in [3.63, 3.8) is 0 Å². The lowest BCUT2D eigenvalue weighted by Gasteiger charge is -2.19. The van der Waals surface area contributed by atoms with Crippen molar-refractivity contribution in [2.45, 2.75) is 19.3 Å². The highest BCUT2D eigenvalue weighted by Crippen LogP contribution is 2.35. The predicted molar refractivity (Wildman–Crippen MR) is 189 cm³/mol. The third-order valence-corrected chi connectivity index (χ3v) is 8.16. The molecule has 0 saturated heterocycles. The zero-order valence-electron chi connectivity index (χ0n) is 25.2. The van der Waals surface area contributed by atoms with Crippen LogP contribution in [0.2, 0.25) is 0 Å². The minimum absolute atomic E-state index is 0.935. The maximum Gasteiger partial charge on any atom is 0.0649 e. The number of benzene rings is 4. The van der Waals surface area contributed by atoms with Gasteiger partial charge in [-0.15, -0.1) is 0 Å². The first kappa shape index (κ1) is 28.8. The molecule has 1 aromatic heterocycles. The molecule has 1 aliphatic rings. The lowest BCUT2D eigenvalue weighted by molar-refractivity contribution is 0.893. The highest BCUT2D eigenvalue weighted by atomic mass is 14.7. The average molecular weight is 569 g/mol. The van der Waals surface area contributed by atoms with E-state index in [2.05, 4.69) is 133 Å². The average Bonchev–Trinajstić information content (AvgIpc) is 3.10. The van der Waals surface area contributed by atoms with Gasteiger partial charge in [0.1, 0.15) is 0 Å². The Hall–Kier alpha value is -5.34. The van der Waals surface area contributed by atoms with Crippen LogP contribution >= 0.6 is 0 Å². The summed E-state index contributed by atoms with van der Waals surface area (Å²) < 4.78 is 0. The monoisotopic (exact) mass is 568 g/mol. The van der Waals surface area contributed by atoms with Crippen molar-refractivity contribution in [1.29, 1.82) is 0 Å². The highest BCUT2D eigenvalue weighted by Gasteiger charge is 2.16. The van der Waals surface area contributed by atoms with Crippen LogP contribution in [0.25, 0.3) is 38.6 Å². The zero-order valence-corrected chi connectivity index (χ0v) is 25.2. The van der Waals surface area contributed by atoms with Crippen LogP contribution in [0.4, 0.5) is 0 Å². The molecule has 44 heavy (non-hydrogen) atoms. The van der Waals surface area contributed by atoms with Gasteiger partial charge >= 0.3 is 0 Å². The van der Waals surface area contributed by atoms with Gasteiger partial charge in [-0.2, -0.15) is 0 Å². The zero-order chi connectivity index (χ0) is 30.1. The van der Waals surface area contributed by atoms with Crippen LogP contribution in [0.15, 0.2) is 175 Å². The first-order valence-corrected chi connectivity index (χ1v) is 15.2. The molecule has 0 saturated carbocycles. The van der Waals surface area contributed by atoms with Crippen molar-refractivity contribution in [2.75, 3.05) is 7.05 Å². The van der Waals surface area contributed by atoms with Crippen molar-refractivity contribution >= 4 is 22.1 Å². The molecule has 0 amide bonds. The molecule has 2 nitrogen and oxygen atoms in total. The van der Waals surface area contributed by atoms with Gasteiger partial charge in [0.05, 0.1) is 5.71 Å². The summed E-state index contributed by atoms with van der Waals surface area (Å²) in [5.41, 5.74) is 11.6. The first-order chi connectivity index (χ1) is 21.7. The van der Waals surface area contributed by atoms with Gasteiger partial charge < -0.3 is 0 Å². The standard InChI is InChI=1S/C42H36N2/c1-3-4-23-39(31-14-6-5-7-15-31)41(35-20-10-18-33(27-35)37-22-13-26-44-30-37)29-42(43-2)36-21-11-19-34(28-36)40-25-12-17-32-16-8-9-24-38(32)40/h3-6,8-13,16-30H,1,7,14-15H2,2H3/b23-4-,39-31-,41-29-,43-42+. The second-order valence-electron chi connectivity index (χ2n) is 10.9. The van der Waals surface area contributed by atoms with Gasteiger partial charge in [-0.1, -0.05) is 127 Å². The molecule has 0 atom stereocenters. The molecule has 0 fully saturated rings. The summed E-state index contributed by atoms with van der Waals surface area (Å²) in [6, 6.07) is 36.7. The molecule has 1 heterocycles. The number of hydrogen-bond acceptors (Lipinski definition) is 2. The summed E-state index contributed by atoms with van der Waals surface area (Å²) in [7, 11) is 1.88. The van der Waals surface area contributed by atoms with E-state index in [-0.39, 0.29) is 0 Å². The summed E-state index contributed by atoms with van der Waals surface area (Å²) in [6.07, 6.45) is 19.7. The van der Waals surface area contributed by atoms with Gasteiger partial charge in [0.25, 0.3) is 0 Å². The lowest BCUT2D eigenvalue weighted by atomic mass is 9.86. The van der Waals surface area contributed by atoms with E-state index in [1.807, 2.05) is 37.7 Å². The molecular weight excluding hydrogens is 532 g/mol. The number of aromatic nitrogens is 1. The fourth-order valence-electron chi connectivity index (χ4n) is 5.96. The van der Waals surface area contributed by atoms with Crippen molar-refractivity contribution < 1.29 is 0 Å². The summed E-state index contributed by atoms with van der Waals surface area (Å²) in [5, 5.41) is 2.49. The van der Waals surface area contributed by atoms with E-state index in [4.69, 9.17) is 4.99 Å². The Balaban J connectivity index is 1.52. The molecule has 5 aromatic rings. The molecule has 0 unspecified atom stereocenters. The van der Waals surface area contributed by atoms with Crippen LogP contribution in [0.3, 0.4) is 0 Å². The highest BCUT2D eigenvalue weighted by molar-refractivity contribution is 6.14. The van der Waals surface area contributed by atoms with E-state index in [0.717, 1.165) is 52.8 Å². The SMILES string of the molecule is C=C\C=C/C(C(=C\C(=N/C)c1cccc(-c2cccc3ccccc23)c1)/c1cccc(-c2cccnc2)c1)=C1\CC=CCC1. The fourth-order valence-corrected chi connectivity index (χ4v) is 5.96. The second kappa shape index (κ2) is 13.8. The second-order valence-corrected chi connectivity index (χ2v) is 10.9. The van der Waals surface area contributed by atoms with Gasteiger partial charge in [0.15, 0.2) is 0 Å². The maximum absolute atomic E-state index is 4.86. The van der Waals surface area contributed by atoms with E-state index in [9.17, 15) is 0 Å². The molecule has 4 aromatic carbocycles. The molecule has 6 rings (SSSR count). The molecular formula is C42H36N2. The normalized spacial score (nSPS) is 15.1. The number of nitrogens with zero attached hydrogens (tertiary/aromatic N) is 2. The fraction of sp³-hybridized carbons (Fsp3) is 0.0952. The molecule has 2 heteroatoms. The van der Waals surface area contributed by atoms with Crippen LogP contribution in [-0.2, 0) is 0 Å². The number of hydrogen-bond donors (Lipinski definition) is 0. The predicted octanol–water partition coefficient (Wildman–Crippen LogP) is 10.9. The number of pyridine rings is 1. The number of aliphatic imine (C=N–C) groups is 1. The number of allylic oxidation sites excluding steroid dienone is 9. The third kappa shape index (κ3) is 6.35. The first-order valence-electron chi connectivity index (χ1n) is 15.2. The Morgan fingerprint density at radius 1 is 0.795 bits per heavy atom. The van der Waals surface area contributed by atoms with Crippen molar-refractivity contribution in [3.8, 4) is 22.3 Å². The van der Waals surface area contributed by atoms with Crippen LogP contribution in [0, 0.1) is 0 Å². The summed E-state index contributed by atoms with van der Waals surface area (Å²) in [5.74, 6) is 0. The van der Waals surface area contributed by atoms with E-state index in [1.165, 1.54) is 33.0 Å². The van der Waals surface area contributed by atoms with Crippen molar-refractivity contribution in [1.82, 2.24) is 4.98 Å². The summed E-state index contributed by atoms with van der Waals surface area (Å²) in [4.78, 5) is 9.22. The Bertz CT molecular complexity index is 1950. The molecule has 0 radical (unpaired) electrons. The van der Waals surface area contributed by atoms with Crippen LogP contribution in [0.5, 0.6) is 0 Å². The molecule has 214 valence electrons. The third-order valence-electron chi connectivity index (χ3n) is 8.16. The topological polar surface area (TPSA) is 25.2 Å². The molecule has 0 N–H and O–H groups in total. The van der Waals surface area contributed by atoms with Crippen molar-refractivity contribution in [2.24, 2.45) is 4.99 Å². The Labute approximate surface area is 260 Å². The smallest absolute Gasteiger partial charge is 0.0649 e. The van der Waals surface area contributed by atoms with Crippen molar-refractivity contribution in [3.05, 3.63) is 181 Å². The van der Waals surface area contributed by atoms with Gasteiger partial charge in [-0.05, 0) is 87.7 Å². The van der Waals surface area contributed by atoms with Crippen LogP contribution in [-0.4, -0.2) is 17.7 Å². The minimum atomic E-state index is 0.935. The quantitative estimate of drug-likeness (QED) is 0.104. The minimum Gasteiger partial charge on any atom is -0.288 e. The largest absolute Gasteiger partial charge is 0.288 e. The van der Waals surface area contributed by atoms with Crippen LogP contribution in [0.1, 0.15) is 30.4 Å². The summed E-state index contributed by atoms with van der Waals surface area (Å²) >= 11 is 0. The number of rotatable bonds is 8. The van der Waals surface area contributed by atoms with Crippen LogP contribution < -0.4 is 0 Å². The molecule has 1 aliphatic carbocycles. The Morgan fingerprint density at radius 3 is 2.36 bits per heavy atom. The molecule has 0 spiro atoms. The van der Waals surface area contributed by atoms with Gasteiger partial charge in [-0.3, -0.25) is 9.98 Å². The Kier molecular flexibility index (Phi) is 8.99. The van der Waals surface area contributed by atoms with E-state index in [0.29, 0.717) is 0 Å². The van der Waals surface area contributed by atoms with Gasteiger partial charge in [0.2, 0.25) is 0 Å². The molecule has 0 bridgehead atoms. The van der Waals surface area contributed by atoms with E-state index >= 15 is 0 Å². The molecule has 0 aliphatic heterocycles. The van der Waals surface area contributed by atoms with Gasteiger partial charge in [0, 0.05) is 30.6 Å². The van der Waals surface area contributed by atoms with E-state index < -0.39 is 0 Å². The Morgan fingerprint density at radius 2 is 1.57 bits per heavy atom. The van der Waals surface area contributed by atoms with E-state index in [1.54, 1.807) is 0 Å². The van der Waals surface area contributed by atoms with Gasteiger partial charge in [-0.25, -0.2) is 0 Å².